The minimum Gasteiger partial charge on any atom is -0.456 e. The zero-order valence-corrected chi connectivity index (χ0v) is 9.16. The molecule has 2 nitrogen and oxygen atoms in total. The monoisotopic (exact) mass is 210 g/mol. The van der Waals surface area contributed by atoms with Crippen LogP contribution in [0.3, 0.4) is 0 Å². The fourth-order valence-corrected chi connectivity index (χ4v) is 1.10. The van der Waals surface area contributed by atoms with E-state index in [2.05, 4.69) is 0 Å². The molecule has 0 amide bonds. The summed E-state index contributed by atoms with van der Waals surface area (Å²) in [5.74, 6) is -0.476. The maximum absolute atomic E-state index is 12.8. The number of ether oxygens (including phenoxy) is 1. The number of esters is 1. The van der Waals surface area contributed by atoms with Crippen LogP contribution in [0, 0.1) is 6.92 Å². The number of halogens is 1. The summed E-state index contributed by atoms with van der Waals surface area (Å²) in [7, 11) is 0. The summed E-state index contributed by atoms with van der Waals surface area (Å²) in [4.78, 5) is 11.5. The third kappa shape index (κ3) is 3.35. The van der Waals surface area contributed by atoms with Gasteiger partial charge in [-0.05, 0) is 32.9 Å². The highest BCUT2D eigenvalue weighted by atomic mass is 19.1. The van der Waals surface area contributed by atoms with Crippen molar-refractivity contribution in [2.24, 2.45) is 0 Å². The fourth-order valence-electron chi connectivity index (χ4n) is 1.10. The van der Waals surface area contributed by atoms with Gasteiger partial charge in [-0.15, -0.1) is 0 Å². The zero-order chi connectivity index (χ0) is 11.4. The van der Waals surface area contributed by atoms with Crippen LogP contribution in [0.1, 0.15) is 29.8 Å². The van der Waals surface area contributed by atoms with Gasteiger partial charge < -0.3 is 4.74 Å². The van der Waals surface area contributed by atoms with Crippen LogP contribution in [0.15, 0.2) is 24.3 Å². The molecule has 0 aliphatic rings. The van der Waals surface area contributed by atoms with Gasteiger partial charge in [0.25, 0.3) is 0 Å². The van der Waals surface area contributed by atoms with Crippen LogP contribution in [-0.4, -0.2) is 18.2 Å². The van der Waals surface area contributed by atoms with Crippen LogP contribution >= 0.6 is 0 Å². The molecule has 0 aliphatic heterocycles. The summed E-state index contributed by atoms with van der Waals surface area (Å²) >= 11 is 0. The molecule has 0 heterocycles. The first kappa shape index (κ1) is 11.7. The van der Waals surface area contributed by atoms with E-state index in [1.54, 1.807) is 25.1 Å². The molecule has 0 N–H and O–H groups in total. The third-order valence-corrected chi connectivity index (χ3v) is 2.19. The first-order chi connectivity index (χ1) is 7.00. The highest BCUT2D eigenvalue weighted by molar-refractivity contribution is 5.89. The molecule has 1 aromatic rings. The maximum atomic E-state index is 12.8. The number of aryl methyl sites for hydroxylation is 1. The topological polar surface area (TPSA) is 26.3 Å². The van der Waals surface area contributed by atoms with Crippen molar-refractivity contribution in [2.45, 2.75) is 33.0 Å². The molecule has 0 saturated carbocycles. The van der Waals surface area contributed by atoms with Crippen molar-refractivity contribution in [2.75, 3.05) is 0 Å². The lowest BCUT2D eigenvalue weighted by atomic mass is 10.1. The van der Waals surface area contributed by atoms with Crippen LogP contribution in [0.4, 0.5) is 4.39 Å². The minimum atomic E-state index is -1.15. The lowest BCUT2D eigenvalue weighted by Crippen LogP contribution is -2.23. The van der Waals surface area contributed by atoms with Gasteiger partial charge in [-0.25, -0.2) is 9.18 Å². The molecular weight excluding hydrogens is 195 g/mol. The van der Waals surface area contributed by atoms with Crippen molar-refractivity contribution >= 4 is 5.97 Å². The smallest absolute Gasteiger partial charge is 0.338 e. The number of benzene rings is 1. The quantitative estimate of drug-likeness (QED) is 0.717. The Labute approximate surface area is 89.1 Å². The van der Waals surface area contributed by atoms with Gasteiger partial charge in [-0.1, -0.05) is 17.7 Å². The van der Waals surface area contributed by atoms with Crippen LogP contribution in [0.25, 0.3) is 0 Å². The third-order valence-electron chi connectivity index (χ3n) is 2.19. The number of hydrogen-bond donors (Lipinski definition) is 0. The van der Waals surface area contributed by atoms with Crippen LogP contribution in [0.2, 0.25) is 0 Å². The Morgan fingerprint density at radius 2 is 2.07 bits per heavy atom. The molecule has 1 rings (SSSR count). The van der Waals surface area contributed by atoms with Crippen LogP contribution in [-0.2, 0) is 4.74 Å². The predicted octanol–water partition coefficient (Wildman–Crippen LogP) is 2.90. The average molecular weight is 210 g/mol. The van der Waals surface area contributed by atoms with Gasteiger partial charge in [-0.3, -0.25) is 0 Å². The predicted molar refractivity (Wildman–Crippen MR) is 56.6 cm³/mol. The lowest BCUT2D eigenvalue weighted by molar-refractivity contribution is 0.0156. The van der Waals surface area contributed by atoms with Gasteiger partial charge in [0.05, 0.1) is 5.56 Å². The molecule has 0 radical (unpaired) electrons. The van der Waals surface area contributed by atoms with Crippen molar-refractivity contribution < 1.29 is 13.9 Å². The Balaban J connectivity index is 2.69. The van der Waals surface area contributed by atoms with Crippen molar-refractivity contribution in [3.05, 3.63) is 35.4 Å². The second-order valence-electron chi connectivity index (χ2n) is 3.66. The van der Waals surface area contributed by atoms with Gasteiger partial charge in [-0.2, -0.15) is 0 Å². The Hall–Kier alpha value is -1.38. The molecule has 15 heavy (non-hydrogen) atoms. The lowest BCUT2D eigenvalue weighted by Gasteiger charge is -2.14. The van der Waals surface area contributed by atoms with E-state index in [0.717, 1.165) is 5.56 Å². The first-order valence-corrected chi connectivity index (χ1v) is 4.92. The molecule has 0 bridgehead atoms. The van der Waals surface area contributed by atoms with Gasteiger partial charge in [0, 0.05) is 0 Å². The number of carbonyl (C=O) groups excluding carboxylic acids is 1. The molecular formula is C12H15FO2. The van der Waals surface area contributed by atoms with E-state index in [9.17, 15) is 9.18 Å². The zero-order valence-electron chi connectivity index (χ0n) is 9.16. The molecule has 82 valence electrons. The first-order valence-electron chi connectivity index (χ1n) is 4.92. The van der Waals surface area contributed by atoms with E-state index in [0.29, 0.717) is 5.56 Å². The van der Waals surface area contributed by atoms with E-state index in [4.69, 9.17) is 4.74 Å². The summed E-state index contributed by atoms with van der Waals surface area (Å²) in [5.41, 5.74) is 1.44. The second kappa shape index (κ2) is 4.91. The summed E-state index contributed by atoms with van der Waals surface area (Å²) in [6.45, 7) is 4.80. The van der Waals surface area contributed by atoms with E-state index < -0.39 is 18.2 Å². The highest BCUT2D eigenvalue weighted by Crippen LogP contribution is 2.09. The molecule has 0 fully saturated rings. The van der Waals surface area contributed by atoms with Crippen molar-refractivity contribution in [1.82, 2.24) is 0 Å². The largest absolute Gasteiger partial charge is 0.456 e. The molecule has 0 aliphatic carbocycles. The maximum Gasteiger partial charge on any atom is 0.338 e. The fraction of sp³-hybridized carbons (Fsp3) is 0.417. The minimum absolute atomic E-state index is 0.461. The number of carbonyl (C=O) groups is 1. The Morgan fingerprint density at radius 1 is 1.40 bits per heavy atom. The van der Waals surface area contributed by atoms with Crippen molar-refractivity contribution in [3.63, 3.8) is 0 Å². The van der Waals surface area contributed by atoms with Gasteiger partial charge >= 0.3 is 5.97 Å². The van der Waals surface area contributed by atoms with E-state index in [1.807, 2.05) is 13.0 Å². The molecule has 0 spiro atoms. The van der Waals surface area contributed by atoms with Gasteiger partial charge in [0.1, 0.15) is 12.3 Å². The highest BCUT2D eigenvalue weighted by Gasteiger charge is 2.16. The summed E-state index contributed by atoms with van der Waals surface area (Å²) in [6.07, 6.45) is -1.86. The average Bonchev–Trinajstić information content (AvgIpc) is 2.17. The Bertz CT molecular complexity index is 347. The number of alkyl halides is 1. The van der Waals surface area contributed by atoms with Crippen molar-refractivity contribution in [3.8, 4) is 0 Å². The number of rotatable bonds is 3. The summed E-state index contributed by atoms with van der Waals surface area (Å²) in [5, 5.41) is 0. The molecule has 2 atom stereocenters. The van der Waals surface area contributed by atoms with E-state index >= 15 is 0 Å². The Morgan fingerprint density at radius 3 is 2.60 bits per heavy atom. The van der Waals surface area contributed by atoms with Gasteiger partial charge in [0.15, 0.2) is 0 Å². The molecule has 0 saturated heterocycles. The SMILES string of the molecule is Cc1cccc(C(=O)O[C@H](C)[C@H](C)F)c1. The Kier molecular flexibility index (Phi) is 3.83. The molecule has 3 heteroatoms. The van der Waals surface area contributed by atoms with Crippen molar-refractivity contribution in [1.29, 1.82) is 0 Å². The molecule has 1 aromatic carbocycles. The van der Waals surface area contributed by atoms with E-state index in [1.165, 1.54) is 6.92 Å². The summed E-state index contributed by atoms with van der Waals surface area (Å²) < 4.78 is 17.7. The second-order valence-corrected chi connectivity index (χ2v) is 3.66. The summed E-state index contributed by atoms with van der Waals surface area (Å²) in [6, 6.07) is 7.04. The molecule has 0 aromatic heterocycles. The van der Waals surface area contributed by atoms with Crippen LogP contribution in [0.5, 0.6) is 0 Å². The number of hydrogen-bond acceptors (Lipinski definition) is 2. The van der Waals surface area contributed by atoms with E-state index in [-0.39, 0.29) is 0 Å². The van der Waals surface area contributed by atoms with Gasteiger partial charge in [0.2, 0.25) is 0 Å². The molecule has 0 unspecified atom stereocenters. The normalized spacial score (nSPS) is 14.4. The van der Waals surface area contributed by atoms with Crippen LogP contribution < -0.4 is 0 Å². The standard InChI is InChI=1S/C12H15FO2/c1-8-5-4-6-11(7-8)12(14)15-10(3)9(2)13/h4-7,9-10H,1-3H3/t9-,10+/m0/s1.